The molecule has 8 nitrogen and oxygen atoms in total. The fraction of sp³-hybridized carbons (Fsp3) is 0.190. The van der Waals surface area contributed by atoms with Gasteiger partial charge in [-0.05, 0) is 32.0 Å². The van der Waals surface area contributed by atoms with Crippen LogP contribution in [0.3, 0.4) is 0 Å². The summed E-state index contributed by atoms with van der Waals surface area (Å²) < 4.78 is 5.50. The number of anilines is 2. The van der Waals surface area contributed by atoms with Crippen molar-refractivity contribution in [1.82, 2.24) is 19.9 Å². The number of thiazole rings is 1. The molecule has 0 aliphatic heterocycles. The summed E-state index contributed by atoms with van der Waals surface area (Å²) in [5.74, 6) is 0. The SMILES string of the molecule is CO[C@@H](C)c1c(NC(=O)Nc2ccc(-c3cnccn3)c(Cl)c2)cnc2sc(C)nc12. The molecule has 0 saturated heterocycles. The number of nitrogens with zero attached hydrogens (tertiary/aromatic N) is 4. The molecule has 0 aliphatic carbocycles. The molecule has 3 aromatic heterocycles. The van der Waals surface area contributed by atoms with Crippen molar-refractivity contribution >= 4 is 50.7 Å². The molecule has 3 heterocycles. The Hall–Kier alpha value is -3.14. The highest BCUT2D eigenvalue weighted by Crippen LogP contribution is 2.34. The number of rotatable bonds is 5. The quantitative estimate of drug-likeness (QED) is 0.415. The average Bonchev–Trinajstić information content (AvgIpc) is 3.14. The van der Waals surface area contributed by atoms with Gasteiger partial charge in [0.2, 0.25) is 0 Å². The number of fused-ring (bicyclic) bond motifs is 1. The summed E-state index contributed by atoms with van der Waals surface area (Å²) in [6.07, 6.45) is 6.16. The number of carbonyl (C=O) groups is 1. The van der Waals surface area contributed by atoms with E-state index in [1.54, 1.807) is 50.1 Å². The molecule has 2 amide bonds. The zero-order valence-corrected chi connectivity index (χ0v) is 18.6. The summed E-state index contributed by atoms with van der Waals surface area (Å²) >= 11 is 7.88. The van der Waals surface area contributed by atoms with Gasteiger partial charge in [-0.3, -0.25) is 9.97 Å². The van der Waals surface area contributed by atoms with E-state index in [2.05, 4.69) is 30.6 Å². The number of aryl methyl sites for hydroxylation is 1. The van der Waals surface area contributed by atoms with Gasteiger partial charge in [0, 0.05) is 36.3 Å². The summed E-state index contributed by atoms with van der Waals surface area (Å²) in [7, 11) is 1.61. The van der Waals surface area contributed by atoms with Crippen LogP contribution in [0.25, 0.3) is 21.6 Å². The Labute approximate surface area is 187 Å². The normalized spacial score (nSPS) is 12.0. The largest absolute Gasteiger partial charge is 0.377 e. The highest BCUT2D eigenvalue weighted by molar-refractivity contribution is 7.18. The summed E-state index contributed by atoms with van der Waals surface area (Å²) in [6, 6.07) is 4.77. The van der Waals surface area contributed by atoms with Crippen LogP contribution in [0.5, 0.6) is 0 Å². The third-order valence-electron chi connectivity index (χ3n) is 4.65. The second kappa shape index (κ2) is 8.93. The molecule has 0 aliphatic rings. The van der Waals surface area contributed by atoms with Gasteiger partial charge in [-0.15, -0.1) is 0 Å². The number of hydrogen-bond acceptors (Lipinski definition) is 7. The highest BCUT2D eigenvalue weighted by atomic mass is 35.5. The maximum Gasteiger partial charge on any atom is 0.323 e. The first-order valence-electron chi connectivity index (χ1n) is 9.39. The van der Waals surface area contributed by atoms with E-state index < -0.39 is 6.03 Å². The molecule has 1 aromatic carbocycles. The number of pyridine rings is 1. The molecule has 0 saturated carbocycles. The van der Waals surface area contributed by atoms with E-state index in [-0.39, 0.29) is 6.10 Å². The first-order chi connectivity index (χ1) is 15.0. The van der Waals surface area contributed by atoms with E-state index in [9.17, 15) is 4.79 Å². The van der Waals surface area contributed by atoms with Gasteiger partial charge in [-0.2, -0.15) is 0 Å². The van der Waals surface area contributed by atoms with Crippen LogP contribution in [0.15, 0.2) is 43.0 Å². The Morgan fingerprint density at radius 2 is 2.03 bits per heavy atom. The summed E-state index contributed by atoms with van der Waals surface area (Å²) in [6.45, 7) is 3.82. The molecule has 0 unspecified atom stereocenters. The Morgan fingerprint density at radius 1 is 1.19 bits per heavy atom. The van der Waals surface area contributed by atoms with Crippen molar-refractivity contribution in [2.24, 2.45) is 0 Å². The fourth-order valence-corrected chi connectivity index (χ4v) is 4.20. The van der Waals surface area contributed by atoms with Crippen LogP contribution < -0.4 is 10.6 Å². The maximum absolute atomic E-state index is 12.7. The molecule has 31 heavy (non-hydrogen) atoms. The lowest BCUT2D eigenvalue weighted by molar-refractivity contribution is 0.121. The Morgan fingerprint density at radius 3 is 2.74 bits per heavy atom. The van der Waals surface area contributed by atoms with Crippen molar-refractivity contribution in [2.75, 3.05) is 17.7 Å². The molecule has 158 valence electrons. The minimum absolute atomic E-state index is 0.275. The predicted octanol–water partition coefficient (Wildman–Crippen LogP) is 5.46. The lowest BCUT2D eigenvalue weighted by Crippen LogP contribution is -2.21. The van der Waals surface area contributed by atoms with Gasteiger partial charge >= 0.3 is 6.03 Å². The molecule has 1 atom stereocenters. The maximum atomic E-state index is 12.7. The third-order valence-corrected chi connectivity index (χ3v) is 5.84. The van der Waals surface area contributed by atoms with Crippen LogP contribution in [0.1, 0.15) is 23.6 Å². The second-order valence-electron chi connectivity index (χ2n) is 6.71. The number of methoxy groups -OCH3 is 1. The number of halogens is 1. The van der Waals surface area contributed by atoms with Crippen molar-refractivity contribution in [2.45, 2.75) is 20.0 Å². The van der Waals surface area contributed by atoms with Crippen LogP contribution in [-0.4, -0.2) is 33.1 Å². The van der Waals surface area contributed by atoms with E-state index in [0.29, 0.717) is 22.1 Å². The van der Waals surface area contributed by atoms with Crippen molar-refractivity contribution in [3.8, 4) is 11.3 Å². The Balaban J connectivity index is 1.56. The van der Waals surface area contributed by atoms with Gasteiger partial charge in [-0.25, -0.2) is 14.8 Å². The average molecular weight is 455 g/mol. The highest BCUT2D eigenvalue weighted by Gasteiger charge is 2.20. The van der Waals surface area contributed by atoms with Crippen LogP contribution in [0.2, 0.25) is 5.02 Å². The molecule has 2 N–H and O–H groups in total. The predicted molar refractivity (Wildman–Crippen MR) is 123 cm³/mol. The van der Waals surface area contributed by atoms with E-state index in [1.165, 1.54) is 11.3 Å². The number of aromatic nitrogens is 4. The number of hydrogen-bond donors (Lipinski definition) is 2. The summed E-state index contributed by atoms with van der Waals surface area (Å²) in [5, 5.41) is 6.99. The van der Waals surface area contributed by atoms with Crippen molar-refractivity contribution in [1.29, 1.82) is 0 Å². The molecular formula is C21H19ClN6O2S. The van der Waals surface area contributed by atoms with Gasteiger partial charge < -0.3 is 15.4 Å². The summed E-state index contributed by atoms with van der Waals surface area (Å²) in [5.41, 5.74) is 3.96. The van der Waals surface area contributed by atoms with Gasteiger partial charge in [0.05, 0.1) is 39.9 Å². The molecule has 0 radical (unpaired) electrons. The fourth-order valence-electron chi connectivity index (χ4n) is 3.15. The van der Waals surface area contributed by atoms with Crippen LogP contribution in [0.4, 0.5) is 16.2 Å². The van der Waals surface area contributed by atoms with Crippen molar-refractivity contribution < 1.29 is 9.53 Å². The number of nitrogens with one attached hydrogen (secondary N) is 2. The first kappa shape index (κ1) is 21.1. The van der Waals surface area contributed by atoms with Crippen LogP contribution in [0, 0.1) is 6.92 Å². The van der Waals surface area contributed by atoms with E-state index >= 15 is 0 Å². The van der Waals surface area contributed by atoms with Gasteiger partial charge in [0.25, 0.3) is 0 Å². The zero-order valence-electron chi connectivity index (χ0n) is 17.0. The van der Waals surface area contributed by atoms with Crippen molar-refractivity contribution in [3.63, 3.8) is 0 Å². The Bertz CT molecular complexity index is 1250. The van der Waals surface area contributed by atoms with Gasteiger partial charge in [0.1, 0.15) is 10.3 Å². The van der Waals surface area contributed by atoms with E-state index in [4.69, 9.17) is 16.3 Å². The lowest BCUT2D eigenvalue weighted by atomic mass is 10.1. The number of benzene rings is 1. The molecule has 0 fully saturated rings. The third kappa shape index (κ3) is 4.48. The monoisotopic (exact) mass is 454 g/mol. The van der Waals surface area contributed by atoms with Gasteiger partial charge in [-0.1, -0.05) is 22.9 Å². The number of carbonyl (C=O) groups excluding carboxylic acids is 1. The molecule has 4 rings (SSSR count). The molecule has 0 spiro atoms. The van der Waals surface area contributed by atoms with E-state index in [1.807, 2.05) is 13.8 Å². The standard InChI is InChI=1S/C21H19ClN6O2S/c1-11(30-3)18-17(10-25-20-19(18)26-12(2)31-20)28-21(29)27-13-4-5-14(15(22)8-13)16-9-23-6-7-24-16/h4-11H,1-3H3,(H2,27,28,29)/t11-/m0/s1. The molecule has 0 bridgehead atoms. The van der Waals surface area contributed by atoms with Crippen LogP contribution >= 0.6 is 22.9 Å². The molecule has 10 heteroatoms. The first-order valence-corrected chi connectivity index (χ1v) is 10.6. The smallest absolute Gasteiger partial charge is 0.323 e. The number of amides is 2. The summed E-state index contributed by atoms with van der Waals surface area (Å²) in [4.78, 5) is 30.8. The lowest BCUT2D eigenvalue weighted by Gasteiger charge is -2.16. The van der Waals surface area contributed by atoms with E-state index in [0.717, 1.165) is 26.5 Å². The second-order valence-corrected chi connectivity index (χ2v) is 8.30. The molecule has 4 aromatic rings. The number of ether oxygens (including phenoxy) is 1. The Kier molecular flexibility index (Phi) is 6.08. The van der Waals surface area contributed by atoms with Gasteiger partial charge in [0.15, 0.2) is 0 Å². The minimum atomic E-state index is -0.430. The van der Waals surface area contributed by atoms with Crippen LogP contribution in [-0.2, 0) is 4.74 Å². The molecular weight excluding hydrogens is 436 g/mol. The minimum Gasteiger partial charge on any atom is -0.377 e. The van der Waals surface area contributed by atoms with Crippen molar-refractivity contribution in [3.05, 3.63) is 58.6 Å². The number of urea groups is 1. The topological polar surface area (TPSA) is 102 Å². The zero-order chi connectivity index (χ0) is 22.0.